The van der Waals surface area contributed by atoms with E-state index in [-0.39, 0.29) is 28.5 Å². The third kappa shape index (κ3) is 11.7. The molecule has 0 radical (unpaired) electrons. The van der Waals surface area contributed by atoms with Crippen molar-refractivity contribution in [1.82, 2.24) is 30.5 Å². The maximum Gasteiger partial charge on any atom is 0.407 e. The molecule has 278 valence electrons. The average molecular weight is 710 g/mol. The molecule has 0 aliphatic carbocycles. The fourth-order valence-electron chi connectivity index (χ4n) is 5.78. The molecule has 1 aliphatic heterocycles. The number of aliphatic imine (C=N–C) groups is 1. The van der Waals surface area contributed by atoms with Gasteiger partial charge in [0, 0.05) is 41.8 Å². The molecular weight excluding hydrogens is 655 g/mol. The minimum absolute atomic E-state index is 0.0352. The molecule has 10 nitrogen and oxygen atoms in total. The van der Waals surface area contributed by atoms with Crippen LogP contribution in [-0.4, -0.2) is 58.9 Å². The third-order valence-electron chi connectivity index (χ3n) is 8.84. The first-order chi connectivity index (χ1) is 23.9. The molecule has 0 saturated carbocycles. The van der Waals surface area contributed by atoms with Gasteiger partial charge in [0.2, 0.25) is 0 Å². The normalized spacial score (nSPS) is 14.9. The zero-order valence-electron chi connectivity index (χ0n) is 30.6. The van der Waals surface area contributed by atoms with E-state index in [1.54, 1.807) is 28.8 Å². The number of nitrogens with one attached hydrogen (secondary N) is 4. The molecule has 51 heavy (non-hydrogen) atoms. The molecule has 4 aromatic rings. The molecule has 8 N–H and O–H groups in total. The van der Waals surface area contributed by atoms with Crippen molar-refractivity contribution in [3.8, 4) is 5.69 Å². The molecule has 1 saturated heterocycles. The first-order valence-electron chi connectivity index (χ1n) is 17.5. The van der Waals surface area contributed by atoms with Crippen LogP contribution in [0.2, 0.25) is 0 Å². The number of piperidine rings is 1. The molecule has 1 aliphatic rings. The Balaban J connectivity index is 0.000000238. The minimum Gasteiger partial charge on any atom is -0.370 e. The van der Waals surface area contributed by atoms with Crippen LogP contribution in [0.25, 0.3) is 16.7 Å². The highest BCUT2D eigenvalue weighted by atomic mass is 19.4. The van der Waals surface area contributed by atoms with E-state index in [1.807, 2.05) is 30.5 Å². The number of halogens is 3. The lowest BCUT2D eigenvalue weighted by Crippen LogP contribution is -2.45. The summed E-state index contributed by atoms with van der Waals surface area (Å²) in [5.74, 6) is 0.123. The van der Waals surface area contributed by atoms with E-state index in [1.165, 1.54) is 0 Å². The topological polar surface area (TPSA) is 151 Å². The van der Waals surface area contributed by atoms with E-state index < -0.39 is 12.2 Å². The first-order valence-corrected chi connectivity index (χ1v) is 17.5. The van der Waals surface area contributed by atoms with Crippen molar-refractivity contribution in [3.63, 3.8) is 0 Å². The predicted octanol–water partition coefficient (Wildman–Crippen LogP) is 5.69. The zero-order chi connectivity index (χ0) is 37.4. The number of hydrogen-bond acceptors (Lipinski definition) is 6. The molecule has 2 aromatic heterocycles. The largest absolute Gasteiger partial charge is 0.407 e. The van der Waals surface area contributed by atoms with E-state index in [4.69, 9.17) is 11.5 Å². The monoisotopic (exact) mass is 709 g/mol. The van der Waals surface area contributed by atoms with Crippen LogP contribution in [0.1, 0.15) is 89.2 Å². The standard InChI is InChI=1S/C21H29N7O.C17H25F3N2/c1-21(2,3)17-11-15-13-28(20(29)27-18(15)26-17)16-7-5-14(6-8-16)12-24-9-4-10-25-19(22)23;1-16(2,3)13-6-4-12(5-7-13)15(17(18,19)20)22-14-8-10-21-11-9-14/h5-8,11,13,24H,4,9-10,12H2,1-3H3,(H4,22,23,25)(H,26,27,29);4-7,14-15,21-22H,8-11H2,1-3H3. The van der Waals surface area contributed by atoms with Crippen LogP contribution in [0.3, 0.4) is 0 Å². The second-order valence-corrected chi connectivity index (χ2v) is 15.2. The fourth-order valence-corrected chi connectivity index (χ4v) is 5.78. The van der Waals surface area contributed by atoms with Gasteiger partial charge in [0.05, 0.1) is 5.69 Å². The Labute approximate surface area is 298 Å². The van der Waals surface area contributed by atoms with Gasteiger partial charge in [0.1, 0.15) is 11.7 Å². The molecule has 5 rings (SSSR count). The average Bonchev–Trinajstić information content (AvgIpc) is 3.49. The second kappa shape index (κ2) is 16.9. The van der Waals surface area contributed by atoms with Crippen LogP contribution in [0.5, 0.6) is 0 Å². The molecule has 1 fully saturated rings. The smallest absolute Gasteiger partial charge is 0.370 e. The maximum absolute atomic E-state index is 13.4. The van der Waals surface area contributed by atoms with Crippen LogP contribution in [-0.2, 0) is 17.4 Å². The van der Waals surface area contributed by atoms with Gasteiger partial charge in [-0.15, -0.1) is 0 Å². The summed E-state index contributed by atoms with van der Waals surface area (Å²) in [6.07, 6.45) is -0.120. The summed E-state index contributed by atoms with van der Waals surface area (Å²) >= 11 is 0. The van der Waals surface area contributed by atoms with Crippen molar-refractivity contribution < 1.29 is 13.2 Å². The number of H-pyrrole nitrogens is 1. The molecule has 0 bridgehead atoms. The SMILES string of the molecule is CC(C)(C)c1cc2cn(-c3ccc(CNCCCN=C(N)N)cc3)c(=O)nc2[nH]1.CC(C)(C)c1ccc(C(NC2CCNCC2)C(F)(F)F)cc1. The molecule has 13 heteroatoms. The molecule has 1 atom stereocenters. The molecular formula is C38H54F3N9O. The molecule has 3 heterocycles. The van der Waals surface area contributed by atoms with E-state index in [0.717, 1.165) is 73.3 Å². The number of benzene rings is 2. The number of aromatic amines is 1. The first kappa shape index (κ1) is 39.6. The number of nitrogens with zero attached hydrogens (tertiary/aromatic N) is 3. The Bertz CT molecular complexity index is 1770. The molecule has 0 amide bonds. The van der Waals surface area contributed by atoms with E-state index in [0.29, 0.717) is 17.8 Å². The Morgan fingerprint density at radius 3 is 2.20 bits per heavy atom. The highest BCUT2D eigenvalue weighted by Gasteiger charge is 2.42. The van der Waals surface area contributed by atoms with Gasteiger partial charge in [-0.1, -0.05) is 77.9 Å². The van der Waals surface area contributed by atoms with Crippen LogP contribution >= 0.6 is 0 Å². The van der Waals surface area contributed by atoms with Crippen LogP contribution in [0.4, 0.5) is 13.2 Å². The van der Waals surface area contributed by atoms with Gasteiger partial charge in [-0.05, 0) is 79.2 Å². The van der Waals surface area contributed by atoms with Crippen molar-refractivity contribution in [1.29, 1.82) is 0 Å². The van der Waals surface area contributed by atoms with Gasteiger partial charge >= 0.3 is 11.9 Å². The summed E-state index contributed by atoms with van der Waals surface area (Å²) in [4.78, 5) is 23.9. The summed E-state index contributed by atoms with van der Waals surface area (Å²) in [6, 6.07) is 15.1. The summed E-state index contributed by atoms with van der Waals surface area (Å²) in [6.45, 7) is 16.2. The van der Waals surface area contributed by atoms with Crippen molar-refractivity contribution in [2.45, 2.75) is 96.4 Å². The van der Waals surface area contributed by atoms with Crippen LogP contribution in [0.15, 0.2) is 70.6 Å². The van der Waals surface area contributed by atoms with Gasteiger partial charge in [0.15, 0.2) is 5.96 Å². The van der Waals surface area contributed by atoms with E-state index in [9.17, 15) is 18.0 Å². The number of hydrogen-bond donors (Lipinski definition) is 6. The van der Waals surface area contributed by atoms with Crippen molar-refractivity contribution in [3.05, 3.63) is 93.7 Å². The summed E-state index contributed by atoms with van der Waals surface area (Å²) in [5.41, 5.74) is 15.1. The number of fused-ring (bicyclic) bond motifs is 1. The minimum atomic E-state index is -4.28. The summed E-state index contributed by atoms with van der Waals surface area (Å²) in [5, 5.41) is 10.2. The Morgan fingerprint density at radius 1 is 0.980 bits per heavy atom. The lowest BCUT2D eigenvalue weighted by molar-refractivity contribution is -0.160. The summed E-state index contributed by atoms with van der Waals surface area (Å²) in [7, 11) is 0. The number of nitrogens with two attached hydrogens (primary N) is 2. The van der Waals surface area contributed by atoms with Gasteiger partial charge in [0.25, 0.3) is 0 Å². The van der Waals surface area contributed by atoms with Crippen LogP contribution in [0, 0.1) is 0 Å². The van der Waals surface area contributed by atoms with Crippen LogP contribution < -0.4 is 33.1 Å². The Kier molecular flexibility index (Phi) is 13.1. The number of alkyl halides is 3. The van der Waals surface area contributed by atoms with E-state index >= 15 is 0 Å². The van der Waals surface area contributed by atoms with Gasteiger partial charge in [-0.2, -0.15) is 18.2 Å². The molecule has 2 aromatic carbocycles. The van der Waals surface area contributed by atoms with Crippen molar-refractivity contribution in [2.24, 2.45) is 16.5 Å². The maximum atomic E-state index is 13.4. The number of rotatable bonds is 10. The predicted molar refractivity (Wildman–Crippen MR) is 200 cm³/mol. The number of guanidine groups is 1. The van der Waals surface area contributed by atoms with Crippen molar-refractivity contribution in [2.75, 3.05) is 26.2 Å². The van der Waals surface area contributed by atoms with Crippen molar-refractivity contribution >= 4 is 17.0 Å². The summed E-state index contributed by atoms with van der Waals surface area (Å²) < 4.78 is 41.8. The molecule has 1 unspecified atom stereocenters. The Morgan fingerprint density at radius 2 is 1.63 bits per heavy atom. The zero-order valence-corrected chi connectivity index (χ0v) is 30.6. The third-order valence-corrected chi connectivity index (χ3v) is 8.84. The highest BCUT2D eigenvalue weighted by Crippen LogP contribution is 2.35. The quantitative estimate of drug-likeness (QED) is 0.0703. The van der Waals surface area contributed by atoms with Gasteiger partial charge in [-0.25, -0.2) is 4.79 Å². The highest BCUT2D eigenvalue weighted by molar-refractivity contribution is 5.76. The fraction of sp³-hybridized carbons (Fsp3) is 0.500. The second-order valence-electron chi connectivity index (χ2n) is 15.2. The van der Waals surface area contributed by atoms with Gasteiger partial charge in [-0.3, -0.25) is 14.9 Å². The molecule has 0 spiro atoms. The van der Waals surface area contributed by atoms with E-state index in [2.05, 4.69) is 78.5 Å². The van der Waals surface area contributed by atoms with Gasteiger partial charge < -0.3 is 27.1 Å². The number of aromatic nitrogens is 3. The Hall–Kier alpha value is -4.20. The lowest BCUT2D eigenvalue weighted by atomic mass is 9.86. The lowest BCUT2D eigenvalue weighted by Gasteiger charge is -2.31.